The van der Waals surface area contributed by atoms with E-state index in [1.54, 1.807) is 16.2 Å². The van der Waals surface area contributed by atoms with Gasteiger partial charge < -0.3 is 10.0 Å². The second kappa shape index (κ2) is 6.81. The number of anilines is 1. The molecule has 0 bridgehead atoms. The van der Waals surface area contributed by atoms with E-state index in [9.17, 15) is 9.59 Å². The number of nitrogens with zero attached hydrogens (tertiary/aromatic N) is 2. The minimum absolute atomic E-state index is 0.147. The van der Waals surface area contributed by atoms with Gasteiger partial charge in [0.25, 0.3) is 0 Å². The molecular weight excluding hydrogens is 416 g/mol. The monoisotopic (exact) mass is 430 g/mol. The molecule has 7 heteroatoms. The van der Waals surface area contributed by atoms with Crippen molar-refractivity contribution in [1.82, 2.24) is 4.98 Å². The lowest BCUT2D eigenvalue weighted by Gasteiger charge is -2.33. The Morgan fingerprint density at radius 3 is 2.92 bits per heavy atom. The highest BCUT2D eigenvalue weighted by molar-refractivity contribution is 9.10. The van der Waals surface area contributed by atoms with Crippen LogP contribution in [0.1, 0.15) is 17.0 Å². The highest BCUT2D eigenvalue weighted by Crippen LogP contribution is 2.34. The molecule has 1 atom stereocenters. The maximum absolute atomic E-state index is 12.9. The first-order chi connectivity index (χ1) is 12.5. The summed E-state index contributed by atoms with van der Waals surface area (Å²) in [7, 11) is 0. The van der Waals surface area contributed by atoms with Crippen molar-refractivity contribution < 1.29 is 14.7 Å². The molecule has 0 saturated heterocycles. The molecule has 1 aliphatic heterocycles. The summed E-state index contributed by atoms with van der Waals surface area (Å²) in [5, 5.41) is 9.97. The van der Waals surface area contributed by atoms with Crippen LogP contribution in [0.3, 0.4) is 0 Å². The quantitative estimate of drug-likeness (QED) is 0.671. The number of fused-ring (bicyclic) bond motifs is 2. The number of thiazole rings is 1. The standard InChI is InChI=1S/C19H15BrN2O3S/c20-13-5-6-16-14(9-13)21-17(26-16)10-22-15-4-2-1-3-11(15)7-12(19(22)25)8-18(23)24/h1-6,9,12H,7-8,10H2,(H,23,24). The second-order valence-corrected chi connectivity index (χ2v) is 8.30. The summed E-state index contributed by atoms with van der Waals surface area (Å²) in [6.45, 7) is 0.350. The van der Waals surface area contributed by atoms with Crippen molar-refractivity contribution in [3.8, 4) is 0 Å². The highest BCUT2D eigenvalue weighted by Gasteiger charge is 2.34. The number of carboxylic acids is 1. The number of rotatable bonds is 4. The molecule has 0 spiro atoms. The molecule has 0 fully saturated rings. The fraction of sp³-hybridized carbons (Fsp3) is 0.211. The average Bonchev–Trinajstić information content (AvgIpc) is 2.99. The Kier molecular flexibility index (Phi) is 4.50. The Morgan fingerprint density at radius 1 is 1.31 bits per heavy atom. The second-order valence-electron chi connectivity index (χ2n) is 6.27. The Labute approximate surface area is 162 Å². The maximum Gasteiger partial charge on any atom is 0.304 e. The predicted molar refractivity (Wildman–Crippen MR) is 104 cm³/mol. The van der Waals surface area contributed by atoms with Gasteiger partial charge in [-0.15, -0.1) is 11.3 Å². The molecule has 3 aromatic rings. The van der Waals surface area contributed by atoms with Gasteiger partial charge in [-0.2, -0.15) is 0 Å². The third kappa shape index (κ3) is 3.24. The third-order valence-corrected chi connectivity index (χ3v) is 5.99. The maximum atomic E-state index is 12.9. The van der Waals surface area contributed by atoms with Gasteiger partial charge >= 0.3 is 5.97 Å². The lowest BCUT2D eigenvalue weighted by atomic mass is 9.89. The number of carbonyl (C=O) groups excluding carboxylic acids is 1. The van der Waals surface area contributed by atoms with E-state index in [2.05, 4.69) is 20.9 Å². The van der Waals surface area contributed by atoms with Crippen molar-refractivity contribution in [2.75, 3.05) is 4.90 Å². The number of hydrogen-bond acceptors (Lipinski definition) is 4. The molecule has 1 unspecified atom stereocenters. The zero-order chi connectivity index (χ0) is 18.3. The lowest BCUT2D eigenvalue weighted by Crippen LogP contribution is -2.41. The van der Waals surface area contributed by atoms with Crippen LogP contribution >= 0.6 is 27.3 Å². The molecule has 0 saturated carbocycles. The number of aromatic nitrogens is 1. The Bertz CT molecular complexity index is 1020. The van der Waals surface area contributed by atoms with Crippen LogP contribution in [0.25, 0.3) is 10.2 Å². The van der Waals surface area contributed by atoms with E-state index in [-0.39, 0.29) is 12.3 Å². The van der Waals surface area contributed by atoms with Gasteiger partial charge in [0.2, 0.25) is 5.91 Å². The molecule has 4 rings (SSSR count). The van der Waals surface area contributed by atoms with E-state index in [4.69, 9.17) is 5.11 Å². The van der Waals surface area contributed by atoms with Crippen LogP contribution in [0.5, 0.6) is 0 Å². The van der Waals surface area contributed by atoms with Crippen LogP contribution in [0, 0.1) is 5.92 Å². The van der Waals surface area contributed by atoms with Crippen molar-refractivity contribution >= 4 is 55.0 Å². The molecule has 2 aromatic carbocycles. The molecular formula is C19H15BrN2O3S. The number of hydrogen-bond donors (Lipinski definition) is 1. The van der Waals surface area contributed by atoms with Crippen LogP contribution < -0.4 is 4.90 Å². The molecule has 2 heterocycles. The number of aliphatic carboxylic acids is 1. The van der Waals surface area contributed by atoms with Gasteiger partial charge in [0.1, 0.15) is 5.01 Å². The van der Waals surface area contributed by atoms with Crippen LogP contribution in [0.4, 0.5) is 5.69 Å². The SMILES string of the molecule is O=C(O)CC1Cc2ccccc2N(Cc2nc3cc(Br)ccc3s2)C1=O. The minimum atomic E-state index is -0.951. The third-order valence-electron chi connectivity index (χ3n) is 4.47. The van der Waals surface area contributed by atoms with Crippen molar-refractivity contribution in [2.24, 2.45) is 5.92 Å². The summed E-state index contributed by atoms with van der Waals surface area (Å²) < 4.78 is 2.02. The van der Waals surface area contributed by atoms with Gasteiger partial charge in [-0.1, -0.05) is 34.1 Å². The van der Waals surface area contributed by atoms with E-state index < -0.39 is 11.9 Å². The molecule has 132 valence electrons. The Balaban J connectivity index is 1.70. The summed E-state index contributed by atoms with van der Waals surface area (Å²) in [6, 6.07) is 13.6. The number of para-hydroxylation sites is 1. The van der Waals surface area contributed by atoms with E-state index in [1.807, 2.05) is 42.5 Å². The highest BCUT2D eigenvalue weighted by atomic mass is 79.9. The van der Waals surface area contributed by atoms with Gasteiger partial charge in [-0.25, -0.2) is 4.98 Å². The smallest absolute Gasteiger partial charge is 0.304 e. The number of halogens is 1. The lowest BCUT2D eigenvalue weighted by molar-refractivity contribution is -0.140. The van der Waals surface area contributed by atoms with Gasteiger partial charge in [0.15, 0.2) is 0 Å². The number of benzene rings is 2. The topological polar surface area (TPSA) is 70.5 Å². The van der Waals surface area contributed by atoms with Crippen molar-refractivity contribution in [2.45, 2.75) is 19.4 Å². The largest absolute Gasteiger partial charge is 0.481 e. The van der Waals surface area contributed by atoms with Gasteiger partial charge in [-0.3, -0.25) is 9.59 Å². The van der Waals surface area contributed by atoms with E-state index >= 15 is 0 Å². The fourth-order valence-electron chi connectivity index (χ4n) is 3.32. The van der Waals surface area contributed by atoms with E-state index in [0.717, 1.165) is 30.9 Å². The average molecular weight is 431 g/mol. The first-order valence-corrected chi connectivity index (χ1v) is 9.78. The van der Waals surface area contributed by atoms with Gasteiger partial charge in [0, 0.05) is 10.2 Å². The molecule has 1 aromatic heterocycles. The molecule has 1 amide bonds. The van der Waals surface area contributed by atoms with Crippen LogP contribution in [0.2, 0.25) is 0 Å². The predicted octanol–water partition coefficient (Wildman–Crippen LogP) is 4.24. The molecule has 1 aliphatic rings. The fourth-order valence-corrected chi connectivity index (χ4v) is 4.61. The normalized spacial score (nSPS) is 16.7. The van der Waals surface area contributed by atoms with Crippen LogP contribution in [-0.4, -0.2) is 22.0 Å². The van der Waals surface area contributed by atoms with Crippen molar-refractivity contribution in [3.05, 3.63) is 57.5 Å². The number of carbonyl (C=O) groups is 2. The Hall–Kier alpha value is -2.25. The van der Waals surface area contributed by atoms with Crippen molar-refractivity contribution in [3.63, 3.8) is 0 Å². The number of amides is 1. The summed E-state index contributed by atoms with van der Waals surface area (Å²) in [4.78, 5) is 30.4. The molecule has 0 radical (unpaired) electrons. The molecule has 26 heavy (non-hydrogen) atoms. The van der Waals surface area contributed by atoms with E-state index in [0.29, 0.717) is 13.0 Å². The van der Waals surface area contributed by atoms with E-state index in [1.165, 1.54) is 0 Å². The summed E-state index contributed by atoms with van der Waals surface area (Å²) >= 11 is 5.00. The summed E-state index contributed by atoms with van der Waals surface area (Å²) in [5.41, 5.74) is 2.74. The summed E-state index contributed by atoms with van der Waals surface area (Å²) in [6.07, 6.45) is 0.307. The van der Waals surface area contributed by atoms with Crippen molar-refractivity contribution in [1.29, 1.82) is 0 Å². The zero-order valence-electron chi connectivity index (χ0n) is 13.7. The first-order valence-electron chi connectivity index (χ1n) is 8.17. The molecule has 1 N–H and O–H groups in total. The molecule has 0 aliphatic carbocycles. The Morgan fingerprint density at radius 2 is 2.12 bits per heavy atom. The first kappa shape index (κ1) is 17.2. The van der Waals surface area contributed by atoms with Crippen LogP contribution in [-0.2, 0) is 22.6 Å². The van der Waals surface area contributed by atoms with Crippen LogP contribution in [0.15, 0.2) is 46.9 Å². The number of carboxylic acid groups (broad SMARTS) is 1. The zero-order valence-corrected chi connectivity index (χ0v) is 16.1. The molecule has 5 nitrogen and oxygen atoms in total. The summed E-state index contributed by atoms with van der Waals surface area (Å²) in [5.74, 6) is -1.63. The van der Waals surface area contributed by atoms with Gasteiger partial charge in [0.05, 0.1) is 29.1 Å². The minimum Gasteiger partial charge on any atom is -0.481 e. The van der Waals surface area contributed by atoms with Gasteiger partial charge in [-0.05, 0) is 36.2 Å².